The summed E-state index contributed by atoms with van der Waals surface area (Å²) in [7, 11) is -3.79. The average Bonchev–Trinajstić information content (AvgIpc) is 2.88. The summed E-state index contributed by atoms with van der Waals surface area (Å²) < 4.78 is 57.0. The van der Waals surface area contributed by atoms with E-state index in [-0.39, 0.29) is 21.1 Å². The molecule has 0 amide bonds. The van der Waals surface area contributed by atoms with E-state index in [4.69, 9.17) is 4.74 Å². The molecule has 1 heterocycles. The fraction of sp³-hybridized carbons (Fsp3) is 0.333. The van der Waals surface area contributed by atoms with E-state index in [9.17, 15) is 16.8 Å². The molecule has 1 aliphatic rings. The largest absolute Gasteiger partial charge is 0.491 e. The number of fused-ring (bicyclic) bond motifs is 1. The molecule has 0 radical (unpaired) electrons. The zero-order chi connectivity index (χ0) is 18.9. The Morgan fingerprint density at radius 3 is 2.42 bits per heavy atom. The molecule has 140 valence electrons. The van der Waals surface area contributed by atoms with Gasteiger partial charge in [0.05, 0.1) is 10.6 Å². The summed E-state index contributed by atoms with van der Waals surface area (Å²) in [6, 6.07) is 12.7. The Bertz CT molecular complexity index is 999. The van der Waals surface area contributed by atoms with Gasteiger partial charge in [0.25, 0.3) is 0 Å². The van der Waals surface area contributed by atoms with Crippen molar-refractivity contribution in [3.05, 3.63) is 54.1 Å². The van der Waals surface area contributed by atoms with Crippen molar-refractivity contribution in [3.8, 4) is 5.75 Å². The molecule has 1 aliphatic heterocycles. The highest BCUT2D eigenvalue weighted by atomic mass is 32.2. The van der Waals surface area contributed by atoms with Gasteiger partial charge in [-0.2, -0.15) is 0 Å². The van der Waals surface area contributed by atoms with Crippen molar-refractivity contribution < 1.29 is 21.6 Å². The molecule has 0 bridgehead atoms. The highest BCUT2D eigenvalue weighted by Crippen LogP contribution is 2.44. The molecule has 2 aromatic rings. The van der Waals surface area contributed by atoms with Crippen molar-refractivity contribution in [2.45, 2.75) is 15.0 Å². The van der Waals surface area contributed by atoms with Crippen LogP contribution in [0, 0.1) is 0 Å². The van der Waals surface area contributed by atoms with Gasteiger partial charge in [-0.3, -0.25) is 0 Å². The van der Waals surface area contributed by atoms with Crippen LogP contribution in [-0.4, -0.2) is 54.7 Å². The Balaban J connectivity index is 2.03. The summed E-state index contributed by atoms with van der Waals surface area (Å²) in [5, 5.41) is -1.12. The van der Waals surface area contributed by atoms with Crippen molar-refractivity contribution in [1.29, 1.82) is 0 Å². The highest BCUT2D eigenvalue weighted by Gasteiger charge is 2.44. The van der Waals surface area contributed by atoms with Crippen molar-refractivity contribution in [1.82, 2.24) is 4.90 Å². The first-order valence-corrected chi connectivity index (χ1v) is 11.4. The second-order valence-corrected chi connectivity index (χ2v) is 10.6. The minimum Gasteiger partial charge on any atom is -0.491 e. The fourth-order valence-corrected chi connectivity index (χ4v) is 7.45. The van der Waals surface area contributed by atoms with Crippen LogP contribution >= 0.6 is 0 Å². The van der Waals surface area contributed by atoms with Gasteiger partial charge in [0.2, 0.25) is 0 Å². The monoisotopic (exact) mass is 395 g/mol. The minimum atomic E-state index is -3.82. The Morgan fingerprint density at radius 1 is 1.08 bits per heavy atom. The van der Waals surface area contributed by atoms with Crippen LogP contribution in [-0.2, 0) is 19.7 Å². The molecule has 2 aromatic carbocycles. The molecule has 3 rings (SSSR count). The number of hydrogen-bond acceptors (Lipinski definition) is 6. The molecule has 0 saturated carbocycles. The Hall–Kier alpha value is -1.90. The Labute approximate surface area is 154 Å². The van der Waals surface area contributed by atoms with Crippen molar-refractivity contribution in [3.63, 3.8) is 0 Å². The summed E-state index contributed by atoms with van der Waals surface area (Å²) in [6.45, 7) is 0.935. The number of sulfone groups is 2. The molecule has 1 unspecified atom stereocenters. The Kier molecular flexibility index (Phi) is 5.09. The van der Waals surface area contributed by atoms with Crippen molar-refractivity contribution in [2.24, 2.45) is 0 Å². The first-order valence-electron chi connectivity index (χ1n) is 8.15. The lowest BCUT2D eigenvalue weighted by molar-refractivity contribution is 0.256. The summed E-state index contributed by atoms with van der Waals surface area (Å²) in [5.74, 6) is -0.247. The number of hydrogen-bond donors (Lipinski definition) is 0. The van der Waals surface area contributed by atoms with E-state index >= 15 is 0 Å². The Morgan fingerprint density at radius 2 is 1.77 bits per heavy atom. The predicted octanol–water partition coefficient (Wildman–Crippen LogP) is 1.93. The molecule has 1 atom stereocenters. The standard InChI is InChI=1S/C18H21NO5S2/c1-19(2)11-12-24-16-10-6-9-15-17(13-25(20,21)18(15)16)26(22,23)14-7-4-3-5-8-14/h3-10,17H,11-13H2,1-2H3. The van der Waals surface area contributed by atoms with Gasteiger partial charge in [-0.05, 0) is 37.9 Å². The molecule has 0 N–H and O–H groups in total. The topological polar surface area (TPSA) is 80.8 Å². The van der Waals surface area contributed by atoms with Gasteiger partial charge in [-0.1, -0.05) is 30.3 Å². The quantitative estimate of drug-likeness (QED) is 0.743. The summed E-state index contributed by atoms with van der Waals surface area (Å²) in [5.41, 5.74) is 0.288. The second kappa shape index (κ2) is 7.02. The maximum absolute atomic E-state index is 13.0. The maximum atomic E-state index is 13.0. The van der Waals surface area contributed by atoms with E-state index in [1.54, 1.807) is 36.4 Å². The van der Waals surface area contributed by atoms with Crippen molar-refractivity contribution >= 4 is 19.7 Å². The van der Waals surface area contributed by atoms with Crippen molar-refractivity contribution in [2.75, 3.05) is 33.0 Å². The normalized spacial score (nSPS) is 18.7. The molecule has 0 saturated heterocycles. The van der Waals surface area contributed by atoms with Gasteiger partial charge in [-0.25, -0.2) is 16.8 Å². The van der Waals surface area contributed by atoms with Gasteiger partial charge < -0.3 is 9.64 Å². The summed E-state index contributed by atoms with van der Waals surface area (Å²) >= 11 is 0. The van der Waals surface area contributed by atoms with E-state index < -0.39 is 30.7 Å². The number of nitrogens with zero attached hydrogens (tertiary/aromatic N) is 1. The van der Waals surface area contributed by atoms with Crippen LogP contribution in [0.25, 0.3) is 0 Å². The first-order chi connectivity index (χ1) is 12.2. The molecule has 0 aliphatic carbocycles. The van der Waals surface area contributed by atoms with Crippen LogP contribution in [0.5, 0.6) is 5.75 Å². The maximum Gasteiger partial charge on any atom is 0.186 e. The van der Waals surface area contributed by atoms with Crippen LogP contribution < -0.4 is 4.74 Å². The molecule has 6 nitrogen and oxygen atoms in total. The molecule has 8 heteroatoms. The van der Waals surface area contributed by atoms with Gasteiger partial charge in [0, 0.05) is 6.54 Å². The van der Waals surface area contributed by atoms with Crippen LogP contribution in [0.15, 0.2) is 58.3 Å². The molecular weight excluding hydrogens is 374 g/mol. The lowest BCUT2D eigenvalue weighted by atomic mass is 10.1. The van der Waals surface area contributed by atoms with E-state index in [1.807, 2.05) is 19.0 Å². The van der Waals surface area contributed by atoms with Crippen LogP contribution in [0.1, 0.15) is 10.8 Å². The molecule has 0 fully saturated rings. The lowest BCUT2D eigenvalue weighted by Gasteiger charge is -2.14. The zero-order valence-corrected chi connectivity index (χ0v) is 16.3. The SMILES string of the molecule is CN(C)CCOc1cccc2c1S(=O)(=O)CC2S(=O)(=O)c1ccccc1. The summed E-state index contributed by atoms with van der Waals surface area (Å²) in [4.78, 5) is 2.04. The van der Waals surface area contributed by atoms with Crippen LogP contribution in [0.4, 0.5) is 0 Å². The number of ether oxygens (including phenoxy) is 1. The molecule has 0 aromatic heterocycles. The molecular formula is C18H21NO5S2. The minimum absolute atomic E-state index is 0.00302. The number of likely N-dealkylation sites (N-methyl/N-ethyl adjacent to an activating group) is 1. The highest BCUT2D eigenvalue weighted by molar-refractivity contribution is 7.96. The van der Waals surface area contributed by atoms with Gasteiger partial charge in [-0.15, -0.1) is 0 Å². The van der Waals surface area contributed by atoms with Gasteiger partial charge >= 0.3 is 0 Å². The van der Waals surface area contributed by atoms with Crippen LogP contribution in [0.3, 0.4) is 0 Å². The van der Waals surface area contributed by atoms with Gasteiger partial charge in [0.15, 0.2) is 19.7 Å². The van der Waals surface area contributed by atoms with E-state index in [2.05, 4.69) is 0 Å². The van der Waals surface area contributed by atoms with E-state index in [0.29, 0.717) is 13.2 Å². The smallest absolute Gasteiger partial charge is 0.186 e. The lowest BCUT2D eigenvalue weighted by Crippen LogP contribution is -2.20. The van der Waals surface area contributed by atoms with Crippen LogP contribution in [0.2, 0.25) is 0 Å². The predicted molar refractivity (Wildman–Crippen MR) is 98.9 cm³/mol. The summed E-state index contributed by atoms with van der Waals surface area (Å²) in [6.07, 6.45) is 0. The third-order valence-electron chi connectivity index (χ3n) is 4.28. The van der Waals surface area contributed by atoms with E-state index in [1.165, 1.54) is 12.1 Å². The third-order valence-corrected chi connectivity index (χ3v) is 8.42. The fourth-order valence-electron chi connectivity index (χ4n) is 2.97. The number of benzene rings is 2. The third kappa shape index (κ3) is 3.49. The first kappa shape index (κ1) is 18.9. The van der Waals surface area contributed by atoms with Gasteiger partial charge in [0.1, 0.15) is 22.5 Å². The van der Waals surface area contributed by atoms with E-state index in [0.717, 1.165) is 0 Å². The molecule has 26 heavy (non-hydrogen) atoms. The average molecular weight is 396 g/mol. The second-order valence-electron chi connectivity index (χ2n) is 6.45. The number of rotatable bonds is 6. The molecule has 0 spiro atoms. The zero-order valence-electron chi connectivity index (χ0n) is 14.6.